The molecular formula is C11H21NOS. The highest BCUT2D eigenvalue weighted by molar-refractivity contribution is 7.99. The van der Waals surface area contributed by atoms with E-state index in [1.54, 1.807) is 0 Å². The molecule has 0 radical (unpaired) electrons. The smallest absolute Gasteiger partial charge is 0.149 e. The van der Waals surface area contributed by atoms with Gasteiger partial charge in [0.15, 0.2) is 0 Å². The number of Topliss-reactive ketones (excluding diaryl/α,β-unsaturated/α-hetero) is 1. The average molecular weight is 215 g/mol. The van der Waals surface area contributed by atoms with Gasteiger partial charge in [-0.15, -0.1) is 0 Å². The van der Waals surface area contributed by atoms with Crippen molar-refractivity contribution in [2.45, 2.75) is 33.2 Å². The fourth-order valence-electron chi connectivity index (χ4n) is 1.56. The predicted octanol–water partition coefficient (Wildman–Crippen LogP) is 2.04. The Kier molecular flexibility index (Phi) is 4.96. The van der Waals surface area contributed by atoms with E-state index >= 15 is 0 Å². The maximum Gasteiger partial charge on any atom is 0.149 e. The molecule has 1 unspecified atom stereocenters. The molecule has 3 heteroatoms. The van der Waals surface area contributed by atoms with Gasteiger partial charge in [0.1, 0.15) is 5.78 Å². The summed E-state index contributed by atoms with van der Waals surface area (Å²) in [6.07, 6.45) is 1.22. The van der Waals surface area contributed by atoms with Crippen molar-refractivity contribution in [2.75, 3.05) is 24.6 Å². The molecule has 1 saturated heterocycles. The summed E-state index contributed by atoms with van der Waals surface area (Å²) in [5.41, 5.74) is 0. The van der Waals surface area contributed by atoms with E-state index in [1.165, 1.54) is 17.9 Å². The fraction of sp³-hybridized carbons (Fsp3) is 0.909. The van der Waals surface area contributed by atoms with Crippen molar-refractivity contribution >= 4 is 17.5 Å². The first-order valence-corrected chi connectivity index (χ1v) is 6.61. The third-order valence-electron chi connectivity index (χ3n) is 2.83. The molecule has 0 saturated carbocycles. The standard InChI is InChI=1S/C11H21NOS/c1-9(2)11(13)8-12-5-7-14-6-4-10(12)3/h9-10H,4-8H2,1-3H3. The van der Waals surface area contributed by atoms with Crippen molar-refractivity contribution in [3.05, 3.63) is 0 Å². The molecule has 2 nitrogen and oxygen atoms in total. The van der Waals surface area contributed by atoms with E-state index < -0.39 is 0 Å². The van der Waals surface area contributed by atoms with Crippen LogP contribution in [0, 0.1) is 5.92 Å². The van der Waals surface area contributed by atoms with Crippen molar-refractivity contribution in [1.29, 1.82) is 0 Å². The van der Waals surface area contributed by atoms with Gasteiger partial charge in [0.25, 0.3) is 0 Å². The number of hydrogen-bond donors (Lipinski definition) is 0. The summed E-state index contributed by atoms with van der Waals surface area (Å²) in [6.45, 7) is 7.93. The zero-order valence-corrected chi connectivity index (χ0v) is 10.3. The Labute approximate surface area is 91.4 Å². The van der Waals surface area contributed by atoms with Gasteiger partial charge in [-0.1, -0.05) is 13.8 Å². The number of thioether (sulfide) groups is 1. The van der Waals surface area contributed by atoms with Gasteiger partial charge >= 0.3 is 0 Å². The highest BCUT2D eigenvalue weighted by atomic mass is 32.2. The van der Waals surface area contributed by atoms with E-state index in [9.17, 15) is 4.79 Å². The molecule has 1 aliphatic heterocycles. The highest BCUT2D eigenvalue weighted by Gasteiger charge is 2.20. The quantitative estimate of drug-likeness (QED) is 0.718. The maximum atomic E-state index is 11.6. The lowest BCUT2D eigenvalue weighted by atomic mass is 10.1. The second-order valence-corrected chi connectivity index (χ2v) is 5.57. The number of rotatable bonds is 3. The molecule has 0 spiro atoms. The van der Waals surface area contributed by atoms with Gasteiger partial charge < -0.3 is 0 Å². The Balaban J connectivity index is 2.44. The first-order valence-electron chi connectivity index (χ1n) is 5.45. The van der Waals surface area contributed by atoms with Gasteiger partial charge in [-0.3, -0.25) is 9.69 Å². The number of nitrogens with zero attached hydrogens (tertiary/aromatic N) is 1. The van der Waals surface area contributed by atoms with Gasteiger partial charge in [-0.05, 0) is 19.1 Å². The van der Waals surface area contributed by atoms with Crippen LogP contribution < -0.4 is 0 Å². The fourth-order valence-corrected chi connectivity index (χ4v) is 2.63. The van der Waals surface area contributed by atoms with Gasteiger partial charge in [-0.25, -0.2) is 0 Å². The summed E-state index contributed by atoms with van der Waals surface area (Å²) in [6, 6.07) is 0.577. The van der Waals surface area contributed by atoms with Crippen LogP contribution in [0.3, 0.4) is 0 Å². The van der Waals surface area contributed by atoms with Gasteiger partial charge in [0.05, 0.1) is 6.54 Å². The summed E-state index contributed by atoms with van der Waals surface area (Å²) >= 11 is 2.01. The zero-order chi connectivity index (χ0) is 10.6. The Morgan fingerprint density at radius 1 is 1.50 bits per heavy atom. The Morgan fingerprint density at radius 2 is 2.21 bits per heavy atom. The van der Waals surface area contributed by atoms with Crippen LogP contribution in [0.2, 0.25) is 0 Å². The monoisotopic (exact) mass is 215 g/mol. The molecular weight excluding hydrogens is 194 g/mol. The van der Waals surface area contributed by atoms with E-state index in [4.69, 9.17) is 0 Å². The van der Waals surface area contributed by atoms with Gasteiger partial charge in [-0.2, -0.15) is 11.8 Å². The molecule has 0 aromatic carbocycles. The summed E-state index contributed by atoms with van der Waals surface area (Å²) in [5, 5.41) is 0. The maximum absolute atomic E-state index is 11.6. The lowest BCUT2D eigenvalue weighted by molar-refractivity contribution is -0.123. The minimum Gasteiger partial charge on any atom is -0.298 e. The van der Waals surface area contributed by atoms with Crippen molar-refractivity contribution in [2.24, 2.45) is 5.92 Å². The van der Waals surface area contributed by atoms with E-state index in [1.807, 2.05) is 25.6 Å². The molecule has 0 bridgehead atoms. The number of hydrogen-bond acceptors (Lipinski definition) is 3. The van der Waals surface area contributed by atoms with Crippen molar-refractivity contribution in [1.82, 2.24) is 4.90 Å². The molecule has 14 heavy (non-hydrogen) atoms. The van der Waals surface area contributed by atoms with Crippen LogP contribution in [-0.2, 0) is 4.79 Å². The molecule has 1 rings (SSSR count). The minimum absolute atomic E-state index is 0.179. The number of carbonyl (C=O) groups is 1. The molecule has 82 valence electrons. The molecule has 0 amide bonds. The molecule has 0 aliphatic carbocycles. The van der Waals surface area contributed by atoms with Crippen LogP contribution in [0.15, 0.2) is 0 Å². The Morgan fingerprint density at radius 3 is 2.86 bits per heavy atom. The summed E-state index contributed by atoms with van der Waals surface area (Å²) < 4.78 is 0. The second-order valence-electron chi connectivity index (χ2n) is 4.34. The normalized spacial score (nSPS) is 25.0. The van der Waals surface area contributed by atoms with Crippen LogP contribution in [-0.4, -0.2) is 41.3 Å². The molecule has 0 N–H and O–H groups in total. The predicted molar refractivity (Wildman–Crippen MR) is 62.8 cm³/mol. The average Bonchev–Trinajstić information content (AvgIpc) is 2.32. The third kappa shape index (κ3) is 3.62. The summed E-state index contributed by atoms with van der Waals surface area (Å²) in [4.78, 5) is 14.0. The van der Waals surface area contributed by atoms with E-state index in [0.717, 1.165) is 6.54 Å². The minimum atomic E-state index is 0.179. The van der Waals surface area contributed by atoms with Crippen molar-refractivity contribution in [3.8, 4) is 0 Å². The molecule has 1 fully saturated rings. The summed E-state index contributed by atoms with van der Waals surface area (Å²) in [5.74, 6) is 2.98. The van der Waals surface area contributed by atoms with E-state index in [2.05, 4.69) is 11.8 Å². The third-order valence-corrected chi connectivity index (χ3v) is 3.82. The van der Waals surface area contributed by atoms with Crippen LogP contribution in [0.4, 0.5) is 0 Å². The molecule has 1 aliphatic rings. The molecule has 1 heterocycles. The Hall–Kier alpha value is -0.0200. The van der Waals surface area contributed by atoms with Crippen LogP contribution in [0.5, 0.6) is 0 Å². The Bertz CT molecular complexity index is 194. The SMILES string of the molecule is CC(C)C(=O)CN1CCSCCC1C. The molecule has 0 aromatic heterocycles. The van der Waals surface area contributed by atoms with Crippen LogP contribution in [0.1, 0.15) is 27.2 Å². The number of carbonyl (C=O) groups excluding carboxylic acids is 1. The van der Waals surface area contributed by atoms with E-state index in [0.29, 0.717) is 18.4 Å². The van der Waals surface area contributed by atoms with Crippen molar-refractivity contribution < 1.29 is 4.79 Å². The van der Waals surface area contributed by atoms with Crippen LogP contribution >= 0.6 is 11.8 Å². The van der Waals surface area contributed by atoms with Gasteiger partial charge in [0.2, 0.25) is 0 Å². The highest BCUT2D eigenvalue weighted by Crippen LogP contribution is 2.16. The number of ketones is 1. The topological polar surface area (TPSA) is 20.3 Å². The molecule has 1 atom stereocenters. The first-order chi connectivity index (χ1) is 6.61. The largest absolute Gasteiger partial charge is 0.298 e. The van der Waals surface area contributed by atoms with Crippen molar-refractivity contribution in [3.63, 3.8) is 0 Å². The first kappa shape index (κ1) is 12.1. The van der Waals surface area contributed by atoms with Gasteiger partial charge in [0, 0.05) is 24.3 Å². The van der Waals surface area contributed by atoms with Crippen LogP contribution in [0.25, 0.3) is 0 Å². The molecule has 0 aromatic rings. The second kappa shape index (κ2) is 5.76. The lowest BCUT2D eigenvalue weighted by Crippen LogP contribution is -2.39. The lowest BCUT2D eigenvalue weighted by Gasteiger charge is -2.26. The van der Waals surface area contributed by atoms with E-state index in [-0.39, 0.29) is 5.92 Å². The zero-order valence-electron chi connectivity index (χ0n) is 9.45. The summed E-state index contributed by atoms with van der Waals surface area (Å²) in [7, 11) is 0.